The maximum atomic E-state index is 13.7. The number of hydrogen-bond donors (Lipinski definition) is 4. The average Bonchev–Trinajstić information content (AvgIpc) is 4.05. The van der Waals surface area contributed by atoms with Gasteiger partial charge in [-0.3, -0.25) is 9.59 Å². The number of aromatic amines is 1. The number of fused-ring (bicyclic) bond motifs is 3. The smallest absolute Gasteiger partial charge is 0.407 e. The number of aromatic nitrogens is 3. The first-order valence-electron chi connectivity index (χ1n) is 20.5. The summed E-state index contributed by atoms with van der Waals surface area (Å²) in [5.74, 6) is 1.60. The molecule has 2 aromatic heterocycles. The van der Waals surface area contributed by atoms with Crippen LogP contribution in [0.3, 0.4) is 0 Å². The van der Waals surface area contributed by atoms with Crippen molar-refractivity contribution < 1.29 is 33.1 Å². The van der Waals surface area contributed by atoms with E-state index in [1.807, 2.05) is 33.9 Å². The van der Waals surface area contributed by atoms with Crippen LogP contribution >= 0.6 is 0 Å². The summed E-state index contributed by atoms with van der Waals surface area (Å²) >= 11 is 0. The zero-order valence-corrected chi connectivity index (χ0v) is 34.2. The molecule has 1 aliphatic heterocycles. The number of methoxy groups -OCH3 is 2. The first kappa shape index (κ1) is 40.5. The molecular weight excluding hydrogens is 739 g/mol. The number of benzene rings is 2. The zero-order valence-electron chi connectivity index (χ0n) is 34.2. The number of ether oxygens (including phenoxy) is 2. The number of amides is 4. The minimum Gasteiger partial charge on any atom is -0.453 e. The van der Waals surface area contributed by atoms with Gasteiger partial charge in [-0.15, -0.1) is 0 Å². The Kier molecular flexibility index (Phi) is 12.2. The molecule has 58 heavy (non-hydrogen) atoms. The van der Waals surface area contributed by atoms with Crippen molar-refractivity contribution in [2.24, 2.45) is 11.8 Å². The molecule has 4 aromatic rings. The summed E-state index contributed by atoms with van der Waals surface area (Å²) < 4.78 is 16.1. The Labute approximate surface area is 339 Å². The van der Waals surface area contributed by atoms with E-state index in [1.165, 1.54) is 19.8 Å². The van der Waals surface area contributed by atoms with Crippen LogP contribution < -0.4 is 16.0 Å². The normalized spacial score (nSPS) is 19.9. The van der Waals surface area contributed by atoms with Gasteiger partial charge in [-0.05, 0) is 79.0 Å². The van der Waals surface area contributed by atoms with E-state index in [4.69, 9.17) is 23.9 Å². The lowest BCUT2D eigenvalue weighted by molar-refractivity contribution is -0.135. The number of hydrogen-bond acceptors (Lipinski definition) is 9. The second-order valence-corrected chi connectivity index (χ2v) is 16.4. The van der Waals surface area contributed by atoms with Crippen LogP contribution in [0.4, 0.5) is 9.59 Å². The van der Waals surface area contributed by atoms with Crippen molar-refractivity contribution in [3.63, 3.8) is 0 Å². The van der Waals surface area contributed by atoms with Crippen LogP contribution in [0.25, 0.3) is 33.7 Å². The van der Waals surface area contributed by atoms with Crippen molar-refractivity contribution in [1.82, 2.24) is 35.8 Å². The van der Waals surface area contributed by atoms with Gasteiger partial charge in [0, 0.05) is 24.1 Å². The highest BCUT2D eigenvalue weighted by atomic mass is 16.5. The maximum absolute atomic E-state index is 13.7. The molecule has 2 fully saturated rings. The van der Waals surface area contributed by atoms with Crippen molar-refractivity contribution in [1.29, 1.82) is 0 Å². The number of nitrogens with one attached hydrogen (secondary N) is 4. The Balaban J connectivity index is 1.04. The first-order chi connectivity index (χ1) is 27.9. The minimum absolute atomic E-state index is 0.0376. The van der Waals surface area contributed by atoms with E-state index in [2.05, 4.69) is 63.4 Å². The van der Waals surface area contributed by atoms with Crippen molar-refractivity contribution in [3.8, 4) is 33.7 Å². The highest BCUT2D eigenvalue weighted by Crippen LogP contribution is 2.40. The van der Waals surface area contributed by atoms with E-state index >= 15 is 0 Å². The minimum atomic E-state index is -0.709. The van der Waals surface area contributed by atoms with Gasteiger partial charge >= 0.3 is 12.2 Å². The molecule has 4 amide bonds. The van der Waals surface area contributed by atoms with Gasteiger partial charge in [-0.25, -0.2) is 19.6 Å². The van der Waals surface area contributed by atoms with Gasteiger partial charge in [0.25, 0.3) is 0 Å². The number of alkyl carbamates (subject to hydrolysis) is 2. The standard InChI is InChI=1S/C44H55N7O7/c1-24(2)36(49-43(54)56-5)40(52)47-32-12-8-11-31(32)39-45-23-34(46-39)27-17-15-26(16-18-27)28-19-20-30-29(22-28)10-7-13-33-38(30)58-41(48-33)35-14-9-21-51(35)42(53)37(25(3)4)50-44(55)57-6/h15-20,22-25,31-32,35-37H,7-14,21H2,1-6H3,(H,45,46)(H,47,52)(H,49,54)(H,50,55)/t31-,32+,35-,36-,37-/m0/s1. The predicted octanol–water partition coefficient (Wildman–Crippen LogP) is 7.06. The van der Waals surface area contributed by atoms with Crippen LogP contribution in [0.15, 0.2) is 53.1 Å². The van der Waals surface area contributed by atoms with Crippen molar-refractivity contribution in [2.75, 3.05) is 20.8 Å². The molecule has 14 heteroatoms. The molecule has 4 N–H and O–H groups in total. The number of likely N-dealkylation sites (tertiary alicyclic amines) is 1. The Morgan fingerprint density at radius 2 is 1.52 bits per heavy atom. The van der Waals surface area contributed by atoms with Crippen LogP contribution in [0.1, 0.15) is 101 Å². The molecule has 1 saturated carbocycles. The number of imidazole rings is 1. The molecule has 3 aliphatic rings. The third kappa shape index (κ3) is 8.46. The quantitative estimate of drug-likeness (QED) is 0.124. The van der Waals surface area contributed by atoms with Crippen molar-refractivity contribution in [3.05, 3.63) is 71.6 Å². The fourth-order valence-electron chi connectivity index (χ4n) is 8.67. The van der Waals surface area contributed by atoms with E-state index in [0.717, 1.165) is 96.6 Å². The second-order valence-electron chi connectivity index (χ2n) is 16.4. The third-order valence-corrected chi connectivity index (χ3v) is 11.9. The van der Waals surface area contributed by atoms with Gasteiger partial charge in [0.1, 0.15) is 23.9 Å². The molecule has 0 spiro atoms. The highest BCUT2D eigenvalue weighted by Gasteiger charge is 2.39. The molecule has 14 nitrogen and oxygen atoms in total. The van der Waals surface area contributed by atoms with Gasteiger partial charge in [0.15, 0.2) is 5.76 Å². The van der Waals surface area contributed by atoms with Gasteiger partial charge < -0.3 is 39.7 Å². The Morgan fingerprint density at radius 1 is 0.828 bits per heavy atom. The van der Waals surface area contributed by atoms with Gasteiger partial charge in [0.05, 0.1) is 31.8 Å². The molecule has 0 bridgehead atoms. The van der Waals surface area contributed by atoms with Gasteiger partial charge in [-0.2, -0.15) is 0 Å². The van der Waals surface area contributed by atoms with Gasteiger partial charge in [-0.1, -0.05) is 76.6 Å². The second kappa shape index (κ2) is 17.5. The molecule has 2 aromatic carbocycles. The largest absolute Gasteiger partial charge is 0.453 e. The van der Waals surface area contributed by atoms with Crippen molar-refractivity contribution in [2.45, 2.75) is 109 Å². The lowest BCUT2D eigenvalue weighted by atomic mass is 9.96. The van der Waals surface area contributed by atoms with Crippen LogP contribution in [0, 0.1) is 11.8 Å². The topological polar surface area (TPSA) is 181 Å². The Hall–Kier alpha value is -5.66. The number of aryl methyl sites for hydroxylation is 2. The molecule has 0 radical (unpaired) electrons. The number of H-pyrrole nitrogens is 1. The van der Waals surface area contributed by atoms with E-state index < -0.39 is 24.3 Å². The molecule has 3 heterocycles. The molecule has 0 unspecified atom stereocenters. The summed E-state index contributed by atoms with van der Waals surface area (Å²) in [5.41, 5.74) is 7.25. The number of carbonyl (C=O) groups excluding carboxylic acids is 4. The van der Waals surface area contributed by atoms with E-state index in [9.17, 15) is 19.2 Å². The van der Waals surface area contributed by atoms with Gasteiger partial charge in [0.2, 0.25) is 17.7 Å². The maximum Gasteiger partial charge on any atom is 0.407 e. The lowest BCUT2D eigenvalue weighted by Crippen LogP contribution is -2.52. The number of rotatable bonds is 11. The van der Waals surface area contributed by atoms with E-state index in [1.54, 1.807) is 4.90 Å². The summed E-state index contributed by atoms with van der Waals surface area (Å²) in [4.78, 5) is 65.9. The Bertz CT molecular complexity index is 2120. The average molecular weight is 794 g/mol. The molecule has 7 rings (SSSR count). The Morgan fingerprint density at radius 3 is 2.22 bits per heavy atom. The van der Waals surface area contributed by atoms with Crippen LogP contribution in [0.2, 0.25) is 0 Å². The number of carbonyl (C=O) groups is 4. The fourth-order valence-corrected chi connectivity index (χ4v) is 8.67. The lowest BCUT2D eigenvalue weighted by Gasteiger charge is -2.29. The highest BCUT2D eigenvalue weighted by molar-refractivity contribution is 5.87. The molecule has 5 atom stereocenters. The summed E-state index contributed by atoms with van der Waals surface area (Å²) in [6.45, 7) is 8.16. The first-order valence-corrected chi connectivity index (χ1v) is 20.5. The molecule has 308 valence electrons. The van der Waals surface area contributed by atoms with Crippen molar-refractivity contribution >= 4 is 24.0 Å². The molecule has 2 aliphatic carbocycles. The summed E-state index contributed by atoms with van der Waals surface area (Å²) in [6, 6.07) is 13.1. The SMILES string of the molecule is COC(=O)N[C@H](C(=O)N[C@@H]1CCC[C@@H]1c1ncc(-c2ccc(-c3ccc4c(c3)CCCc3nc([C@@H]5CCCN5C(=O)[C@@H](NC(=O)OC)C(C)C)oc3-4)cc2)[nH]1)C(C)C. The molecular formula is C44H55N7O7. The number of nitrogens with zero attached hydrogens (tertiary/aromatic N) is 3. The third-order valence-electron chi connectivity index (χ3n) is 11.9. The van der Waals surface area contributed by atoms with E-state index in [0.29, 0.717) is 12.4 Å². The monoisotopic (exact) mass is 793 g/mol. The predicted molar refractivity (Wildman–Crippen MR) is 218 cm³/mol. The van der Waals surface area contributed by atoms with Crippen LogP contribution in [-0.4, -0.2) is 82.7 Å². The fraction of sp³-hybridized carbons (Fsp3) is 0.500. The number of oxazole rings is 1. The summed E-state index contributed by atoms with van der Waals surface area (Å²) in [6.07, 6.45) is 7.46. The summed E-state index contributed by atoms with van der Waals surface area (Å²) in [5, 5.41) is 8.54. The molecule has 1 saturated heterocycles. The summed E-state index contributed by atoms with van der Waals surface area (Å²) in [7, 11) is 2.58. The van der Waals surface area contributed by atoms with E-state index in [-0.39, 0.29) is 41.7 Å². The van der Waals surface area contributed by atoms with Crippen LogP contribution in [0.5, 0.6) is 0 Å². The van der Waals surface area contributed by atoms with Crippen LogP contribution in [-0.2, 0) is 31.9 Å². The zero-order chi connectivity index (χ0) is 41.1.